The third-order valence-electron chi connectivity index (χ3n) is 2.91. The fourth-order valence-corrected chi connectivity index (χ4v) is 2.58. The van der Waals surface area contributed by atoms with Crippen molar-refractivity contribution in [3.8, 4) is 0 Å². The predicted octanol–water partition coefficient (Wildman–Crippen LogP) is 2.73. The van der Waals surface area contributed by atoms with Gasteiger partial charge in [-0.2, -0.15) is 0 Å². The molecule has 1 aromatic rings. The molecule has 1 aliphatic heterocycles. The number of hydrogen-bond donors (Lipinski definition) is 1. The summed E-state index contributed by atoms with van der Waals surface area (Å²) < 4.78 is 12.0. The fourth-order valence-electron chi connectivity index (χ4n) is 2.14. The Hall–Kier alpha value is -0.320. The molecule has 2 heterocycles. The summed E-state index contributed by atoms with van der Waals surface area (Å²) in [6.07, 6.45) is 4.05. The predicted molar refractivity (Wildman–Crippen MR) is 61.8 cm³/mol. The van der Waals surface area contributed by atoms with E-state index in [0.717, 1.165) is 29.9 Å². The van der Waals surface area contributed by atoms with Gasteiger partial charge in [-0.05, 0) is 41.9 Å². The zero-order valence-corrected chi connectivity index (χ0v) is 10.4. The molecule has 0 amide bonds. The molecular weight excluding hydrogens is 258 g/mol. The summed E-state index contributed by atoms with van der Waals surface area (Å²) in [6.45, 7) is 1.71. The molecule has 0 bridgehead atoms. The maximum Gasteiger partial charge on any atom is 0.135 e. The smallest absolute Gasteiger partial charge is 0.135 e. The highest BCUT2D eigenvalue weighted by Gasteiger charge is 2.27. The van der Waals surface area contributed by atoms with Crippen LogP contribution in [0, 0.1) is 5.92 Å². The second-order valence-corrected chi connectivity index (χ2v) is 4.73. The first-order chi connectivity index (χ1) is 7.33. The van der Waals surface area contributed by atoms with Crippen molar-refractivity contribution in [2.24, 2.45) is 5.92 Å². The molecule has 1 fully saturated rings. The highest BCUT2D eigenvalue weighted by molar-refractivity contribution is 9.10. The van der Waals surface area contributed by atoms with Crippen molar-refractivity contribution in [1.82, 2.24) is 5.32 Å². The van der Waals surface area contributed by atoms with Crippen molar-refractivity contribution in [2.75, 3.05) is 20.3 Å². The van der Waals surface area contributed by atoms with Gasteiger partial charge < -0.3 is 14.5 Å². The van der Waals surface area contributed by atoms with E-state index in [0.29, 0.717) is 5.92 Å². The molecule has 0 spiro atoms. The molecule has 0 radical (unpaired) electrons. The first-order valence-electron chi connectivity index (χ1n) is 5.31. The standard InChI is InChI=1S/C11H16BrNO2/c1-13-10(8-3-2-5-14-7-8)11-9(12)4-6-15-11/h4,6,8,10,13H,2-3,5,7H2,1H3. The van der Waals surface area contributed by atoms with Crippen molar-refractivity contribution in [3.05, 3.63) is 22.6 Å². The molecule has 2 rings (SSSR count). The molecule has 1 aliphatic rings. The maximum absolute atomic E-state index is 5.51. The lowest BCUT2D eigenvalue weighted by atomic mass is 9.92. The quantitative estimate of drug-likeness (QED) is 0.920. The Morgan fingerprint density at radius 1 is 1.60 bits per heavy atom. The maximum atomic E-state index is 5.51. The highest BCUT2D eigenvalue weighted by Crippen LogP contribution is 2.33. The van der Waals surface area contributed by atoms with E-state index in [2.05, 4.69) is 21.2 Å². The van der Waals surface area contributed by atoms with Gasteiger partial charge in [0, 0.05) is 12.5 Å². The van der Waals surface area contributed by atoms with Crippen LogP contribution >= 0.6 is 15.9 Å². The lowest BCUT2D eigenvalue weighted by molar-refractivity contribution is 0.0367. The molecule has 3 nitrogen and oxygen atoms in total. The largest absolute Gasteiger partial charge is 0.466 e. The summed E-state index contributed by atoms with van der Waals surface area (Å²) in [4.78, 5) is 0. The summed E-state index contributed by atoms with van der Waals surface area (Å²) in [6, 6.07) is 2.18. The Kier molecular flexibility index (Phi) is 3.83. The average Bonchev–Trinajstić information content (AvgIpc) is 2.68. The molecule has 84 valence electrons. The Bertz CT molecular complexity index is 307. The summed E-state index contributed by atoms with van der Waals surface area (Å²) in [7, 11) is 1.97. The van der Waals surface area contributed by atoms with Crippen LogP contribution in [0.4, 0.5) is 0 Å². The third-order valence-corrected chi connectivity index (χ3v) is 3.56. The Morgan fingerprint density at radius 3 is 3.00 bits per heavy atom. The van der Waals surface area contributed by atoms with Crippen LogP contribution in [-0.2, 0) is 4.74 Å². The molecule has 1 N–H and O–H groups in total. The van der Waals surface area contributed by atoms with Crippen LogP contribution in [0.3, 0.4) is 0 Å². The number of ether oxygens (including phenoxy) is 1. The number of halogens is 1. The number of rotatable bonds is 3. The summed E-state index contributed by atoms with van der Waals surface area (Å²) in [5.74, 6) is 1.49. The van der Waals surface area contributed by atoms with E-state index >= 15 is 0 Å². The second-order valence-electron chi connectivity index (χ2n) is 3.88. The second kappa shape index (κ2) is 5.14. The molecule has 1 saturated heterocycles. The van der Waals surface area contributed by atoms with Crippen LogP contribution in [0.15, 0.2) is 21.2 Å². The molecule has 0 aliphatic carbocycles. The molecular formula is C11H16BrNO2. The number of furan rings is 1. The van der Waals surface area contributed by atoms with Crippen LogP contribution in [-0.4, -0.2) is 20.3 Å². The van der Waals surface area contributed by atoms with E-state index in [9.17, 15) is 0 Å². The van der Waals surface area contributed by atoms with Crippen LogP contribution in [0.5, 0.6) is 0 Å². The number of hydrogen-bond acceptors (Lipinski definition) is 3. The van der Waals surface area contributed by atoms with Gasteiger partial charge in [0.1, 0.15) is 5.76 Å². The molecule has 2 unspecified atom stereocenters. The van der Waals surface area contributed by atoms with Crippen molar-refractivity contribution < 1.29 is 9.15 Å². The molecule has 0 saturated carbocycles. The van der Waals surface area contributed by atoms with Crippen molar-refractivity contribution in [3.63, 3.8) is 0 Å². The Labute approximate surface area is 98.3 Å². The van der Waals surface area contributed by atoms with Crippen molar-refractivity contribution in [1.29, 1.82) is 0 Å². The van der Waals surface area contributed by atoms with Gasteiger partial charge >= 0.3 is 0 Å². The summed E-state index contributed by atoms with van der Waals surface area (Å²) in [5.41, 5.74) is 0. The fraction of sp³-hybridized carbons (Fsp3) is 0.636. The minimum absolute atomic E-state index is 0.245. The minimum Gasteiger partial charge on any atom is -0.466 e. The van der Waals surface area contributed by atoms with Crippen LogP contribution in [0.1, 0.15) is 24.6 Å². The van der Waals surface area contributed by atoms with Crippen molar-refractivity contribution >= 4 is 15.9 Å². The molecule has 4 heteroatoms. The number of nitrogens with one attached hydrogen (secondary N) is 1. The Balaban J connectivity index is 2.12. The Morgan fingerprint density at radius 2 is 2.47 bits per heavy atom. The van der Waals surface area contributed by atoms with Gasteiger partial charge in [0.25, 0.3) is 0 Å². The zero-order valence-electron chi connectivity index (χ0n) is 8.83. The van der Waals surface area contributed by atoms with Gasteiger partial charge in [-0.1, -0.05) is 0 Å². The van der Waals surface area contributed by atoms with Gasteiger partial charge in [0.2, 0.25) is 0 Å². The van der Waals surface area contributed by atoms with E-state index < -0.39 is 0 Å². The summed E-state index contributed by atoms with van der Waals surface area (Å²) >= 11 is 3.50. The van der Waals surface area contributed by atoms with E-state index in [1.165, 1.54) is 6.42 Å². The normalized spacial score (nSPS) is 24.0. The third kappa shape index (κ3) is 2.44. The molecule has 1 aromatic heterocycles. The first-order valence-corrected chi connectivity index (χ1v) is 6.10. The van der Waals surface area contributed by atoms with Gasteiger partial charge in [-0.15, -0.1) is 0 Å². The van der Waals surface area contributed by atoms with Gasteiger partial charge in [-0.3, -0.25) is 0 Å². The highest BCUT2D eigenvalue weighted by atomic mass is 79.9. The van der Waals surface area contributed by atoms with Crippen LogP contribution < -0.4 is 5.32 Å². The van der Waals surface area contributed by atoms with Gasteiger partial charge in [0.15, 0.2) is 0 Å². The van der Waals surface area contributed by atoms with E-state index in [4.69, 9.17) is 9.15 Å². The SMILES string of the molecule is CNC(c1occc1Br)C1CCCOC1. The van der Waals surface area contributed by atoms with E-state index in [-0.39, 0.29) is 6.04 Å². The van der Waals surface area contributed by atoms with Crippen molar-refractivity contribution in [2.45, 2.75) is 18.9 Å². The lowest BCUT2D eigenvalue weighted by Crippen LogP contribution is -2.31. The molecule has 0 aromatic carbocycles. The first kappa shape index (κ1) is 11.2. The average molecular weight is 274 g/mol. The molecule has 15 heavy (non-hydrogen) atoms. The molecule has 2 atom stereocenters. The topological polar surface area (TPSA) is 34.4 Å². The van der Waals surface area contributed by atoms with Crippen LogP contribution in [0.2, 0.25) is 0 Å². The van der Waals surface area contributed by atoms with E-state index in [1.54, 1.807) is 6.26 Å². The van der Waals surface area contributed by atoms with Gasteiger partial charge in [-0.25, -0.2) is 0 Å². The van der Waals surface area contributed by atoms with E-state index in [1.807, 2.05) is 13.1 Å². The summed E-state index contributed by atoms with van der Waals surface area (Å²) in [5, 5.41) is 3.31. The zero-order chi connectivity index (χ0) is 10.7. The lowest BCUT2D eigenvalue weighted by Gasteiger charge is -2.28. The van der Waals surface area contributed by atoms with Crippen LogP contribution in [0.25, 0.3) is 0 Å². The minimum atomic E-state index is 0.245. The van der Waals surface area contributed by atoms with Gasteiger partial charge in [0.05, 0.1) is 23.4 Å². The monoisotopic (exact) mass is 273 g/mol.